The van der Waals surface area contributed by atoms with E-state index in [2.05, 4.69) is 22.5 Å². The molecule has 1 heterocycles. The fourth-order valence-corrected chi connectivity index (χ4v) is 1.78. The van der Waals surface area contributed by atoms with Crippen LogP contribution in [0.2, 0.25) is 0 Å². The van der Waals surface area contributed by atoms with Gasteiger partial charge in [-0.2, -0.15) is 0 Å². The number of rotatable bonds is 6. The molecule has 0 saturated carbocycles. The Bertz CT molecular complexity index is 234. The van der Waals surface area contributed by atoms with Gasteiger partial charge in [0.2, 0.25) is 5.91 Å². The predicted octanol–water partition coefficient (Wildman–Crippen LogP) is -0.179. The molecule has 1 fully saturated rings. The largest absolute Gasteiger partial charge is 0.374 e. The normalized spacial score (nSPS) is 21.8. The van der Waals surface area contributed by atoms with Gasteiger partial charge in [0, 0.05) is 25.7 Å². The van der Waals surface area contributed by atoms with Gasteiger partial charge in [0.15, 0.2) is 0 Å². The van der Waals surface area contributed by atoms with Gasteiger partial charge >= 0.3 is 0 Å². The van der Waals surface area contributed by atoms with E-state index >= 15 is 0 Å². The van der Waals surface area contributed by atoms with Crippen LogP contribution >= 0.6 is 0 Å². The number of hydrogen-bond acceptors (Lipinski definition) is 4. The maximum absolute atomic E-state index is 11.5. The van der Waals surface area contributed by atoms with Gasteiger partial charge < -0.3 is 15.4 Å². The lowest BCUT2D eigenvalue weighted by atomic mass is 10.2. The molecule has 5 nitrogen and oxygen atoms in total. The third kappa shape index (κ3) is 6.00. The molecule has 0 aliphatic carbocycles. The first-order valence-electron chi connectivity index (χ1n) is 6.45. The van der Waals surface area contributed by atoms with Gasteiger partial charge in [-0.1, -0.05) is 20.8 Å². The van der Waals surface area contributed by atoms with E-state index in [0.29, 0.717) is 19.1 Å². The Morgan fingerprint density at radius 3 is 2.94 bits per heavy atom. The van der Waals surface area contributed by atoms with E-state index in [1.165, 1.54) is 0 Å². The lowest BCUT2D eigenvalue weighted by molar-refractivity contribution is -0.121. The Morgan fingerprint density at radius 1 is 1.53 bits per heavy atom. The summed E-state index contributed by atoms with van der Waals surface area (Å²) in [4.78, 5) is 13.8. The SMILES string of the molecule is CCN1CCOC(CNC(=O)CNC(C)C)C1. The molecule has 1 saturated heterocycles. The van der Waals surface area contributed by atoms with Crippen molar-refractivity contribution in [3.05, 3.63) is 0 Å². The highest BCUT2D eigenvalue weighted by atomic mass is 16.5. The van der Waals surface area contributed by atoms with E-state index in [1.54, 1.807) is 0 Å². The monoisotopic (exact) mass is 243 g/mol. The molecule has 1 amide bonds. The summed E-state index contributed by atoms with van der Waals surface area (Å²) in [6.07, 6.45) is 0.131. The summed E-state index contributed by atoms with van der Waals surface area (Å²) in [6.45, 7) is 10.9. The second-order valence-corrected chi connectivity index (χ2v) is 4.73. The number of hydrogen-bond donors (Lipinski definition) is 2. The van der Waals surface area contributed by atoms with Crippen molar-refractivity contribution in [2.45, 2.75) is 32.9 Å². The average molecular weight is 243 g/mol. The van der Waals surface area contributed by atoms with E-state index in [9.17, 15) is 4.79 Å². The molecule has 0 aromatic heterocycles. The fraction of sp³-hybridized carbons (Fsp3) is 0.917. The van der Waals surface area contributed by atoms with Gasteiger partial charge in [-0.05, 0) is 6.54 Å². The third-order valence-corrected chi connectivity index (χ3v) is 2.87. The Hall–Kier alpha value is -0.650. The molecule has 1 atom stereocenters. The predicted molar refractivity (Wildman–Crippen MR) is 68.0 cm³/mol. The first-order chi connectivity index (χ1) is 8.11. The van der Waals surface area contributed by atoms with Gasteiger partial charge in [-0.25, -0.2) is 0 Å². The van der Waals surface area contributed by atoms with Gasteiger partial charge in [0.05, 0.1) is 19.3 Å². The highest BCUT2D eigenvalue weighted by Crippen LogP contribution is 2.03. The van der Waals surface area contributed by atoms with Gasteiger partial charge in [-0.3, -0.25) is 9.69 Å². The van der Waals surface area contributed by atoms with E-state index in [0.717, 1.165) is 26.2 Å². The number of carbonyl (C=O) groups excluding carboxylic acids is 1. The Balaban J connectivity index is 2.14. The van der Waals surface area contributed by atoms with Crippen LogP contribution in [0.15, 0.2) is 0 Å². The Labute approximate surface area is 104 Å². The molecule has 1 aliphatic rings. The second-order valence-electron chi connectivity index (χ2n) is 4.73. The van der Waals surface area contributed by atoms with Crippen LogP contribution in [-0.4, -0.2) is 62.3 Å². The van der Waals surface area contributed by atoms with Crippen LogP contribution in [0.3, 0.4) is 0 Å². The zero-order chi connectivity index (χ0) is 12.7. The molecule has 0 aromatic rings. The summed E-state index contributed by atoms with van der Waals surface area (Å²) in [6, 6.07) is 0.335. The number of nitrogens with zero attached hydrogens (tertiary/aromatic N) is 1. The Morgan fingerprint density at radius 2 is 2.29 bits per heavy atom. The lowest BCUT2D eigenvalue weighted by Gasteiger charge is -2.32. The summed E-state index contributed by atoms with van der Waals surface area (Å²) in [5.41, 5.74) is 0. The molecular formula is C12H25N3O2. The van der Waals surface area contributed by atoms with Crippen molar-refractivity contribution < 1.29 is 9.53 Å². The minimum Gasteiger partial charge on any atom is -0.374 e. The minimum absolute atomic E-state index is 0.0379. The van der Waals surface area contributed by atoms with Crippen LogP contribution in [0.5, 0.6) is 0 Å². The van der Waals surface area contributed by atoms with Crippen molar-refractivity contribution in [3.63, 3.8) is 0 Å². The molecule has 17 heavy (non-hydrogen) atoms. The number of carbonyl (C=O) groups is 1. The molecule has 100 valence electrons. The maximum atomic E-state index is 11.5. The molecular weight excluding hydrogens is 218 g/mol. The van der Waals surface area contributed by atoms with Gasteiger partial charge in [0.1, 0.15) is 0 Å². The first kappa shape index (κ1) is 14.4. The summed E-state index contributed by atoms with van der Waals surface area (Å²) < 4.78 is 5.61. The summed E-state index contributed by atoms with van der Waals surface area (Å²) in [5.74, 6) is 0.0379. The van der Waals surface area contributed by atoms with Gasteiger partial charge in [-0.15, -0.1) is 0 Å². The molecule has 5 heteroatoms. The molecule has 1 aliphatic heterocycles. The van der Waals surface area contributed by atoms with Crippen LogP contribution in [0, 0.1) is 0 Å². The van der Waals surface area contributed by atoms with Crippen molar-refractivity contribution in [1.82, 2.24) is 15.5 Å². The van der Waals surface area contributed by atoms with Crippen LogP contribution in [0.1, 0.15) is 20.8 Å². The molecule has 2 N–H and O–H groups in total. The summed E-state index contributed by atoms with van der Waals surface area (Å²) in [5, 5.41) is 5.99. The van der Waals surface area contributed by atoms with E-state index < -0.39 is 0 Å². The molecule has 0 aromatic carbocycles. The number of nitrogens with one attached hydrogen (secondary N) is 2. The van der Waals surface area contributed by atoms with Crippen LogP contribution in [-0.2, 0) is 9.53 Å². The number of likely N-dealkylation sites (N-methyl/N-ethyl adjacent to an activating group) is 1. The highest BCUT2D eigenvalue weighted by molar-refractivity contribution is 5.78. The molecule has 0 radical (unpaired) electrons. The van der Waals surface area contributed by atoms with Crippen molar-refractivity contribution in [3.8, 4) is 0 Å². The highest BCUT2D eigenvalue weighted by Gasteiger charge is 2.19. The quantitative estimate of drug-likeness (QED) is 0.679. The zero-order valence-corrected chi connectivity index (χ0v) is 11.2. The standard InChI is InChI=1S/C12H25N3O2/c1-4-15-5-6-17-11(9-15)7-14-12(16)8-13-10(2)3/h10-11,13H,4-9H2,1-3H3,(H,14,16). The van der Waals surface area contributed by atoms with E-state index in [1.807, 2.05) is 13.8 Å². The summed E-state index contributed by atoms with van der Waals surface area (Å²) in [7, 11) is 0. The number of morpholine rings is 1. The van der Waals surface area contributed by atoms with Gasteiger partial charge in [0.25, 0.3) is 0 Å². The van der Waals surface area contributed by atoms with E-state index in [-0.39, 0.29) is 12.0 Å². The first-order valence-corrected chi connectivity index (χ1v) is 6.45. The van der Waals surface area contributed by atoms with Crippen molar-refractivity contribution >= 4 is 5.91 Å². The van der Waals surface area contributed by atoms with Crippen molar-refractivity contribution in [2.24, 2.45) is 0 Å². The fourth-order valence-electron chi connectivity index (χ4n) is 1.78. The number of ether oxygens (including phenoxy) is 1. The Kier molecular flexibility index (Phi) is 6.47. The van der Waals surface area contributed by atoms with E-state index in [4.69, 9.17) is 4.74 Å². The number of amides is 1. The summed E-state index contributed by atoms with van der Waals surface area (Å²) >= 11 is 0. The molecule has 1 unspecified atom stereocenters. The molecule has 1 rings (SSSR count). The smallest absolute Gasteiger partial charge is 0.234 e. The maximum Gasteiger partial charge on any atom is 0.234 e. The average Bonchev–Trinajstić information content (AvgIpc) is 2.34. The van der Waals surface area contributed by atoms with Crippen LogP contribution < -0.4 is 10.6 Å². The van der Waals surface area contributed by atoms with Crippen LogP contribution in [0.25, 0.3) is 0 Å². The minimum atomic E-state index is 0.0379. The third-order valence-electron chi connectivity index (χ3n) is 2.87. The van der Waals surface area contributed by atoms with Crippen LogP contribution in [0.4, 0.5) is 0 Å². The van der Waals surface area contributed by atoms with Crippen molar-refractivity contribution in [2.75, 3.05) is 39.3 Å². The lowest BCUT2D eigenvalue weighted by Crippen LogP contribution is -2.48. The topological polar surface area (TPSA) is 53.6 Å². The molecule has 0 spiro atoms. The zero-order valence-electron chi connectivity index (χ0n) is 11.2. The second kappa shape index (κ2) is 7.63. The molecule has 0 bridgehead atoms. The van der Waals surface area contributed by atoms with Crippen molar-refractivity contribution in [1.29, 1.82) is 0 Å².